The van der Waals surface area contributed by atoms with Crippen molar-refractivity contribution in [1.82, 2.24) is 10.3 Å². The topological polar surface area (TPSA) is 54.0 Å². The van der Waals surface area contributed by atoms with Crippen molar-refractivity contribution in [3.63, 3.8) is 0 Å². The third-order valence-corrected chi connectivity index (χ3v) is 4.68. The molecule has 0 fully saturated rings. The Labute approximate surface area is 130 Å². The average Bonchev–Trinajstić information content (AvgIpc) is 2.82. The van der Waals surface area contributed by atoms with Crippen LogP contribution in [0.15, 0.2) is 28.2 Å². The fraction of sp³-hybridized carbons (Fsp3) is 0.286. The Hall–Kier alpha value is -1.40. The highest BCUT2D eigenvalue weighted by atomic mass is 79.9. The van der Waals surface area contributed by atoms with Crippen LogP contribution in [0.25, 0.3) is 0 Å². The molecule has 0 unspecified atom stereocenters. The van der Waals surface area contributed by atoms with E-state index in [1.807, 2.05) is 31.4 Å². The number of aryl methyl sites for hydroxylation is 1. The Morgan fingerprint density at radius 3 is 2.95 bits per heavy atom. The molecule has 2 aromatic rings. The van der Waals surface area contributed by atoms with E-state index in [1.165, 1.54) is 0 Å². The molecule has 2 rings (SSSR count). The van der Waals surface area contributed by atoms with E-state index in [9.17, 15) is 4.79 Å². The number of anilines is 1. The summed E-state index contributed by atoms with van der Waals surface area (Å²) >= 11 is 5.07. The summed E-state index contributed by atoms with van der Waals surface area (Å²) in [6.45, 7) is 5.18. The Morgan fingerprint density at radius 2 is 2.30 bits per heavy atom. The van der Waals surface area contributed by atoms with Crippen LogP contribution in [0.4, 0.5) is 5.69 Å². The third kappa shape index (κ3) is 3.58. The molecule has 0 spiro atoms. The van der Waals surface area contributed by atoms with Gasteiger partial charge in [-0.15, -0.1) is 11.3 Å². The highest BCUT2D eigenvalue weighted by Crippen LogP contribution is 2.22. The van der Waals surface area contributed by atoms with Crippen molar-refractivity contribution in [2.24, 2.45) is 0 Å². The second-order valence-corrected chi connectivity index (χ2v) is 6.13. The molecule has 2 N–H and O–H groups in total. The highest BCUT2D eigenvalue weighted by molar-refractivity contribution is 9.10. The van der Waals surface area contributed by atoms with E-state index in [1.54, 1.807) is 17.5 Å². The molecule has 0 saturated carbocycles. The summed E-state index contributed by atoms with van der Waals surface area (Å²) in [7, 11) is 0. The fourth-order valence-corrected chi connectivity index (χ4v) is 3.22. The van der Waals surface area contributed by atoms with Crippen molar-refractivity contribution in [2.75, 3.05) is 11.9 Å². The van der Waals surface area contributed by atoms with Gasteiger partial charge in [0.1, 0.15) is 0 Å². The molecule has 6 heteroatoms. The molecule has 0 bridgehead atoms. The number of aromatic nitrogens is 1. The number of halogens is 1. The summed E-state index contributed by atoms with van der Waals surface area (Å²) in [6, 6.07) is 3.86. The van der Waals surface area contributed by atoms with Crippen LogP contribution in [0.3, 0.4) is 0 Å². The maximum atomic E-state index is 12.3. The van der Waals surface area contributed by atoms with E-state index in [4.69, 9.17) is 0 Å². The van der Waals surface area contributed by atoms with Crippen LogP contribution in [0.1, 0.15) is 27.9 Å². The lowest BCUT2D eigenvalue weighted by Gasteiger charge is -2.11. The third-order valence-electron chi connectivity index (χ3n) is 2.75. The van der Waals surface area contributed by atoms with Gasteiger partial charge < -0.3 is 10.6 Å². The van der Waals surface area contributed by atoms with Crippen LogP contribution in [0, 0.1) is 6.92 Å². The summed E-state index contributed by atoms with van der Waals surface area (Å²) in [6.07, 6.45) is 1.62. The Bertz CT molecular complexity index is 612. The fourth-order valence-electron chi connectivity index (χ4n) is 1.78. The van der Waals surface area contributed by atoms with Crippen molar-refractivity contribution in [3.05, 3.63) is 44.3 Å². The lowest BCUT2D eigenvalue weighted by molar-refractivity contribution is 0.0951. The minimum Gasteiger partial charge on any atom is -0.385 e. The minimum absolute atomic E-state index is 0.117. The first kappa shape index (κ1) is 15.0. The first-order valence-corrected chi connectivity index (χ1v) is 7.99. The number of amides is 1. The number of nitrogens with zero attached hydrogens (tertiary/aromatic N) is 1. The highest BCUT2D eigenvalue weighted by Gasteiger charge is 2.12. The van der Waals surface area contributed by atoms with Crippen LogP contribution in [0.5, 0.6) is 0 Å². The van der Waals surface area contributed by atoms with Gasteiger partial charge in [-0.25, -0.2) is 0 Å². The first-order valence-electron chi connectivity index (χ1n) is 6.32. The van der Waals surface area contributed by atoms with Gasteiger partial charge in [-0.05, 0) is 47.3 Å². The Morgan fingerprint density at radius 1 is 1.50 bits per heavy atom. The van der Waals surface area contributed by atoms with E-state index < -0.39 is 0 Å². The van der Waals surface area contributed by atoms with Crippen molar-refractivity contribution in [2.45, 2.75) is 20.4 Å². The molecule has 2 heterocycles. The zero-order valence-electron chi connectivity index (χ0n) is 11.4. The van der Waals surface area contributed by atoms with E-state index in [2.05, 4.69) is 31.5 Å². The Balaban J connectivity index is 2.11. The molecule has 0 saturated heterocycles. The van der Waals surface area contributed by atoms with Crippen molar-refractivity contribution < 1.29 is 4.79 Å². The summed E-state index contributed by atoms with van der Waals surface area (Å²) in [5, 5.41) is 8.11. The molecule has 4 nitrogen and oxygen atoms in total. The summed E-state index contributed by atoms with van der Waals surface area (Å²) in [5.74, 6) is -0.117. The number of carbonyl (C=O) groups is 1. The van der Waals surface area contributed by atoms with Gasteiger partial charge in [0.25, 0.3) is 5.91 Å². The largest absolute Gasteiger partial charge is 0.385 e. The van der Waals surface area contributed by atoms with Gasteiger partial charge in [-0.1, -0.05) is 0 Å². The Kier molecular flexibility index (Phi) is 5.14. The molecule has 2 aromatic heterocycles. The van der Waals surface area contributed by atoms with Gasteiger partial charge >= 0.3 is 0 Å². The summed E-state index contributed by atoms with van der Waals surface area (Å²) in [5.41, 5.74) is 2.28. The zero-order valence-corrected chi connectivity index (χ0v) is 13.8. The van der Waals surface area contributed by atoms with E-state index in [0.717, 1.165) is 27.3 Å². The predicted molar refractivity (Wildman–Crippen MR) is 86.3 cm³/mol. The summed E-state index contributed by atoms with van der Waals surface area (Å²) < 4.78 is 1.02. The zero-order chi connectivity index (χ0) is 14.5. The maximum Gasteiger partial charge on any atom is 0.255 e. The minimum atomic E-state index is -0.117. The summed E-state index contributed by atoms with van der Waals surface area (Å²) in [4.78, 5) is 17.6. The molecular formula is C14H16BrN3OS. The van der Waals surface area contributed by atoms with Gasteiger partial charge in [0, 0.05) is 27.8 Å². The molecular weight excluding hydrogens is 338 g/mol. The van der Waals surface area contributed by atoms with Crippen molar-refractivity contribution in [1.29, 1.82) is 0 Å². The lowest BCUT2D eigenvalue weighted by Crippen LogP contribution is -2.24. The molecule has 20 heavy (non-hydrogen) atoms. The average molecular weight is 354 g/mol. The number of hydrogen-bond donors (Lipinski definition) is 2. The van der Waals surface area contributed by atoms with E-state index in [-0.39, 0.29) is 5.91 Å². The van der Waals surface area contributed by atoms with Crippen LogP contribution in [-0.2, 0) is 6.54 Å². The second-order valence-electron chi connectivity index (χ2n) is 4.28. The van der Waals surface area contributed by atoms with Gasteiger partial charge in [-0.2, -0.15) is 0 Å². The van der Waals surface area contributed by atoms with Crippen LogP contribution >= 0.6 is 27.3 Å². The van der Waals surface area contributed by atoms with Gasteiger partial charge in [0.2, 0.25) is 0 Å². The van der Waals surface area contributed by atoms with Gasteiger partial charge in [0.05, 0.1) is 17.8 Å². The van der Waals surface area contributed by atoms with Gasteiger partial charge in [-0.3, -0.25) is 9.78 Å². The number of hydrogen-bond acceptors (Lipinski definition) is 4. The first-order chi connectivity index (χ1) is 9.61. The van der Waals surface area contributed by atoms with E-state index >= 15 is 0 Å². The smallest absolute Gasteiger partial charge is 0.255 e. The van der Waals surface area contributed by atoms with Crippen LogP contribution in [-0.4, -0.2) is 17.4 Å². The van der Waals surface area contributed by atoms with Crippen LogP contribution < -0.4 is 10.6 Å². The predicted octanol–water partition coefficient (Wildman–Crippen LogP) is 3.58. The quantitative estimate of drug-likeness (QED) is 0.863. The lowest BCUT2D eigenvalue weighted by atomic mass is 10.2. The number of carbonyl (C=O) groups excluding carboxylic acids is 1. The number of rotatable bonds is 5. The number of nitrogens with one attached hydrogen (secondary N) is 2. The number of thiophene rings is 1. The molecule has 0 aromatic carbocycles. The normalized spacial score (nSPS) is 10.3. The molecule has 0 radical (unpaired) electrons. The van der Waals surface area contributed by atoms with Crippen molar-refractivity contribution in [3.8, 4) is 0 Å². The molecule has 0 atom stereocenters. The number of pyridine rings is 1. The van der Waals surface area contributed by atoms with Crippen LogP contribution in [0.2, 0.25) is 0 Å². The van der Waals surface area contributed by atoms with Crippen molar-refractivity contribution >= 4 is 38.9 Å². The maximum absolute atomic E-state index is 12.3. The molecule has 0 aliphatic carbocycles. The second kappa shape index (κ2) is 6.85. The molecule has 106 valence electrons. The SMILES string of the molecule is CCNc1cc(C)ncc1C(=O)NCc1sccc1Br. The molecule has 0 aliphatic rings. The molecule has 0 aliphatic heterocycles. The van der Waals surface area contributed by atoms with E-state index in [0.29, 0.717) is 12.1 Å². The standard InChI is InChI=1S/C14H16BrN3OS/c1-3-16-12-6-9(2)17-7-10(12)14(19)18-8-13-11(15)4-5-20-13/h4-7H,3,8H2,1-2H3,(H,16,17)(H,18,19). The molecule has 1 amide bonds. The monoisotopic (exact) mass is 353 g/mol. The van der Waals surface area contributed by atoms with Gasteiger partial charge in [0.15, 0.2) is 0 Å².